The second-order valence-electron chi connectivity index (χ2n) is 6.37. The van der Waals surface area contributed by atoms with Crippen molar-refractivity contribution in [2.45, 2.75) is 19.9 Å². The van der Waals surface area contributed by atoms with E-state index in [1.54, 1.807) is 42.7 Å². The molecule has 1 amide bonds. The van der Waals surface area contributed by atoms with Crippen molar-refractivity contribution in [2.75, 3.05) is 36.4 Å². The molecule has 0 aliphatic carbocycles. The van der Waals surface area contributed by atoms with Crippen LogP contribution in [0, 0.1) is 0 Å². The Labute approximate surface area is 153 Å². The first-order chi connectivity index (χ1) is 12.5. The third-order valence-corrected chi connectivity index (χ3v) is 4.64. The van der Waals surface area contributed by atoms with E-state index in [2.05, 4.69) is 25.1 Å². The van der Waals surface area contributed by atoms with Gasteiger partial charge in [-0.15, -0.1) is 0 Å². The number of hydrogen-bond acceptors (Lipinski definition) is 6. The minimum absolute atomic E-state index is 0.0107. The Morgan fingerprint density at radius 3 is 2.23 bits per heavy atom. The summed E-state index contributed by atoms with van der Waals surface area (Å²) in [5.41, 5.74) is 1.33. The maximum Gasteiger partial charge on any atom is 0.241 e. The molecule has 2 heterocycles. The Morgan fingerprint density at radius 1 is 1.04 bits per heavy atom. The van der Waals surface area contributed by atoms with Crippen molar-refractivity contribution >= 4 is 23.3 Å². The number of amides is 1. The molecule has 1 aliphatic heterocycles. The van der Waals surface area contributed by atoms with Gasteiger partial charge in [0.1, 0.15) is 0 Å². The van der Waals surface area contributed by atoms with E-state index in [9.17, 15) is 9.59 Å². The van der Waals surface area contributed by atoms with Gasteiger partial charge in [-0.25, -0.2) is 9.97 Å². The van der Waals surface area contributed by atoms with Gasteiger partial charge in [-0.3, -0.25) is 14.5 Å². The van der Waals surface area contributed by atoms with Crippen LogP contribution in [0.15, 0.2) is 42.7 Å². The molecule has 136 valence electrons. The van der Waals surface area contributed by atoms with Crippen molar-refractivity contribution in [1.82, 2.24) is 14.9 Å². The highest BCUT2D eigenvalue weighted by Crippen LogP contribution is 2.14. The average Bonchev–Trinajstić information content (AvgIpc) is 2.68. The predicted molar refractivity (Wildman–Crippen MR) is 100 cm³/mol. The molecule has 2 aromatic rings. The Kier molecular flexibility index (Phi) is 5.58. The molecule has 0 bridgehead atoms. The highest BCUT2D eigenvalue weighted by atomic mass is 16.2. The van der Waals surface area contributed by atoms with Gasteiger partial charge in [0.2, 0.25) is 11.9 Å². The lowest BCUT2D eigenvalue weighted by Gasteiger charge is -2.37. The van der Waals surface area contributed by atoms with Gasteiger partial charge in [0.05, 0.1) is 6.04 Å². The average molecular weight is 353 g/mol. The number of ketones is 1. The molecule has 0 radical (unpaired) electrons. The molecule has 1 fully saturated rings. The van der Waals surface area contributed by atoms with Gasteiger partial charge < -0.3 is 10.2 Å². The number of Topliss-reactive ketones (excluding diaryl/α,β-unsaturated/α-hetero) is 1. The molecule has 0 spiro atoms. The van der Waals surface area contributed by atoms with Crippen molar-refractivity contribution in [3.05, 3.63) is 48.3 Å². The summed E-state index contributed by atoms with van der Waals surface area (Å²) < 4.78 is 0. The summed E-state index contributed by atoms with van der Waals surface area (Å²) >= 11 is 0. The fourth-order valence-electron chi connectivity index (χ4n) is 2.96. The van der Waals surface area contributed by atoms with Gasteiger partial charge >= 0.3 is 0 Å². The summed E-state index contributed by atoms with van der Waals surface area (Å²) in [5.74, 6) is 0.691. The number of hydrogen-bond donors (Lipinski definition) is 1. The first-order valence-electron chi connectivity index (χ1n) is 8.72. The molecule has 1 aromatic heterocycles. The zero-order chi connectivity index (χ0) is 18.5. The molecule has 1 saturated heterocycles. The molecule has 1 aliphatic rings. The standard InChI is InChI=1S/C19H23N5O2/c1-14(18(26)22-17-6-4-16(5-7-17)15(2)25)23-10-12-24(13-11-23)19-20-8-3-9-21-19/h3-9,14H,10-13H2,1-2H3,(H,22,26)/t14-/m0/s1. The van der Waals surface area contributed by atoms with Crippen LogP contribution in [-0.4, -0.2) is 58.8 Å². The Bertz CT molecular complexity index is 755. The summed E-state index contributed by atoms with van der Waals surface area (Å²) in [4.78, 5) is 36.7. The first kappa shape index (κ1) is 18.0. The lowest BCUT2D eigenvalue weighted by molar-refractivity contribution is -0.120. The Morgan fingerprint density at radius 2 is 1.65 bits per heavy atom. The summed E-state index contributed by atoms with van der Waals surface area (Å²) in [6.45, 7) is 6.56. The van der Waals surface area contributed by atoms with E-state index >= 15 is 0 Å². The van der Waals surface area contributed by atoms with E-state index in [0.717, 1.165) is 32.1 Å². The Balaban J connectivity index is 1.53. The van der Waals surface area contributed by atoms with Crippen LogP contribution in [0.3, 0.4) is 0 Å². The Hall–Kier alpha value is -2.80. The fraction of sp³-hybridized carbons (Fsp3) is 0.368. The first-order valence-corrected chi connectivity index (χ1v) is 8.72. The van der Waals surface area contributed by atoms with E-state index < -0.39 is 0 Å². The lowest BCUT2D eigenvalue weighted by Crippen LogP contribution is -2.53. The fourth-order valence-corrected chi connectivity index (χ4v) is 2.96. The summed E-state index contributed by atoms with van der Waals surface area (Å²) in [7, 11) is 0. The molecular weight excluding hydrogens is 330 g/mol. The zero-order valence-electron chi connectivity index (χ0n) is 15.1. The summed E-state index contributed by atoms with van der Waals surface area (Å²) in [6.07, 6.45) is 3.48. The van der Waals surface area contributed by atoms with Gasteiger partial charge in [-0.1, -0.05) is 0 Å². The number of nitrogens with one attached hydrogen (secondary N) is 1. The molecule has 0 unspecified atom stereocenters. The van der Waals surface area contributed by atoms with Crippen LogP contribution in [-0.2, 0) is 4.79 Å². The minimum Gasteiger partial charge on any atom is -0.338 e. The lowest BCUT2D eigenvalue weighted by atomic mass is 10.1. The minimum atomic E-state index is -0.235. The number of rotatable bonds is 5. The van der Waals surface area contributed by atoms with Gasteiger partial charge in [0, 0.05) is 49.8 Å². The van der Waals surface area contributed by atoms with Crippen LogP contribution in [0.4, 0.5) is 11.6 Å². The van der Waals surface area contributed by atoms with Crippen molar-refractivity contribution in [3.8, 4) is 0 Å². The molecule has 0 saturated carbocycles. The van der Waals surface area contributed by atoms with Crippen LogP contribution in [0.1, 0.15) is 24.2 Å². The van der Waals surface area contributed by atoms with Crippen LogP contribution in [0.25, 0.3) is 0 Å². The van der Waals surface area contributed by atoms with Gasteiger partial charge in [0.15, 0.2) is 5.78 Å². The van der Waals surface area contributed by atoms with E-state index in [1.165, 1.54) is 6.92 Å². The number of nitrogens with zero attached hydrogens (tertiary/aromatic N) is 4. The van der Waals surface area contributed by atoms with Crippen molar-refractivity contribution in [1.29, 1.82) is 0 Å². The molecule has 3 rings (SSSR count). The van der Waals surface area contributed by atoms with Gasteiger partial charge in [-0.05, 0) is 44.2 Å². The van der Waals surface area contributed by atoms with Crippen LogP contribution in [0.5, 0.6) is 0 Å². The van der Waals surface area contributed by atoms with Crippen molar-refractivity contribution < 1.29 is 9.59 Å². The quantitative estimate of drug-likeness (QED) is 0.826. The third-order valence-electron chi connectivity index (χ3n) is 4.64. The van der Waals surface area contributed by atoms with E-state index in [0.29, 0.717) is 11.3 Å². The van der Waals surface area contributed by atoms with E-state index in [1.807, 2.05) is 6.92 Å². The number of benzene rings is 1. The molecule has 26 heavy (non-hydrogen) atoms. The second-order valence-corrected chi connectivity index (χ2v) is 6.37. The number of carbonyl (C=O) groups is 2. The maximum atomic E-state index is 12.5. The molecule has 1 N–H and O–H groups in total. The largest absolute Gasteiger partial charge is 0.338 e. The van der Waals surface area contributed by atoms with Crippen molar-refractivity contribution in [3.63, 3.8) is 0 Å². The normalized spacial score (nSPS) is 16.2. The zero-order valence-corrected chi connectivity index (χ0v) is 15.1. The van der Waals surface area contributed by atoms with Gasteiger partial charge in [0.25, 0.3) is 0 Å². The molecule has 1 atom stereocenters. The van der Waals surface area contributed by atoms with Crippen LogP contribution >= 0.6 is 0 Å². The molecular formula is C19H23N5O2. The summed E-state index contributed by atoms with van der Waals surface area (Å²) in [5, 5.41) is 2.92. The highest BCUT2D eigenvalue weighted by molar-refractivity contribution is 5.97. The SMILES string of the molecule is CC(=O)c1ccc(NC(=O)[C@H](C)N2CCN(c3ncccn3)CC2)cc1. The van der Waals surface area contributed by atoms with Crippen LogP contribution in [0.2, 0.25) is 0 Å². The smallest absolute Gasteiger partial charge is 0.241 e. The van der Waals surface area contributed by atoms with E-state index in [4.69, 9.17) is 0 Å². The topological polar surface area (TPSA) is 78.4 Å². The number of carbonyl (C=O) groups excluding carboxylic acids is 2. The van der Waals surface area contributed by atoms with Crippen molar-refractivity contribution in [2.24, 2.45) is 0 Å². The molecule has 7 heteroatoms. The predicted octanol–water partition coefficient (Wildman–Crippen LogP) is 1.83. The summed E-state index contributed by atoms with van der Waals surface area (Å²) in [6, 6.07) is 8.52. The molecule has 7 nitrogen and oxygen atoms in total. The number of anilines is 2. The third kappa shape index (κ3) is 4.23. The second kappa shape index (κ2) is 8.05. The number of aromatic nitrogens is 2. The highest BCUT2D eigenvalue weighted by Gasteiger charge is 2.26. The van der Waals surface area contributed by atoms with Crippen LogP contribution < -0.4 is 10.2 Å². The number of piperazine rings is 1. The van der Waals surface area contributed by atoms with E-state index in [-0.39, 0.29) is 17.7 Å². The molecule has 1 aromatic carbocycles. The monoisotopic (exact) mass is 353 g/mol. The maximum absolute atomic E-state index is 12.5. The van der Waals surface area contributed by atoms with Gasteiger partial charge in [-0.2, -0.15) is 0 Å².